The molecule has 5 heteroatoms. The van der Waals surface area contributed by atoms with Crippen molar-refractivity contribution in [1.82, 2.24) is 0 Å². The van der Waals surface area contributed by atoms with Crippen LogP contribution < -0.4 is 10.5 Å². The van der Waals surface area contributed by atoms with E-state index in [4.69, 9.17) is 15.6 Å². The molecule has 0 amide bonds. The molecule has 0 aromatic heterocycles. The van der Waals surface area contributed by atoms with Gasteiger partial charge >= 0.3 is 5.97 Å². The summed E-state index contributed by atoms with van der Waals surface area (Å²) in [5.41, 5.74) is 4.81. The standard InChI is InChI=1S/C13H18FNO3/c1-9-5-3-6-10(11(9)14)18-8-4-7-13(2,15)12(16)17/h3,5-6H,4,7-8,15H2,1-2H3,(H,16,17). The first-order valence-corrected chi connectivity index (χ1v) is 5.75. The second-order valence-corrected chi connectivity index (χ2v) is 4.56. The Labute approximate surface area is 106 Å². The molecular formula is C13H18FNO3. The molecule has 4 nitrogen and oxygen atoms in total. The van der Waals surface area contributed by atoms with E-state index < -0.39 is 11.5 Å². The van der Waals surface area contributed by atoms with Crippen molar-refractivity contribution >= 4 is 5.97 Å². The van der Waals surface area contributed by atoms with Gasteiger partial charge in [-0.15, -0.1) is 0 Å². The second kappa shape index (κ2) is 5.82. The SMILES string of the molecule is Cc1cccc(OCCCC(C)(N)C(=O)O)c1F. The molecule has 0 aliphatic carbocycles. The van der Waals surface area contributed by atoms with Crippen LogP contribution in [0.15, 0.2) is 18.2 Å². The second-order valence-electron chi connectivity index (χ2n) is 4.56. The molecule has 0 spiro atoms. The minimum Gasteiger partial charge on any atom is -0.491 e. The lowest BCUT2D eigenvalue weighted by atomic mass is 9.98. The van der Waals surface area contributed by atoms with Gasteiger partial charge in [-0.25, -0.2) is 4.39 Å². The predicted octanol–water partition coefficient (Wildman–Crippen LogP) is 2.10. The number of ether oxygens (including phenoxy) is 1. The fourth-order valence-electron chi connectivity index (χ4n) is 1.46. The Morgan fingerprint density at radius 1 is 1.56 bits per heavy atom. The molecule has 0 aliphatic heterocycles. The topological polar surface area (TPSA) is 72.5 Å². The highest BCUT2D eigenvalue weighted by Gasteiger charge is 2.26. The van der Waals surface area contributed by atoms with E-state index in [0.29, 0.717) is 12.0 Å². The Morgan fingerprint density at radius 2 is 2.22 bits per heavy atom. The summed E-state index contributed by atoms with van der Waals surface area (Å²) >= 11 is 0. The minimum absolute atomic E-state index is 0.184. The van der Waals surface area contributed by atoms with Crippen LogP contribution in [0.5, 0.6) is 5.75 Å². The summed E-state index contributed by atoms with van der Waals surface area (Å²) in [6, 6.07) is 4.91. The number of hydrogen-bond acceptors (Lipinski definition) is 3. The van der Waals surface area contributed by atoms with Crippen molar-refractivity contribution in [2.24, 2.45) is 5.73 Å². The molecule has 0 heterocycles. The maximum absolute atomic E-state index is 13.5. The Morgan fingerprint density at radius 3 is 2.83 bits per heavy atom. The van der Waals surface area contributed by atoms with E-state index in [1.165, 1.54) is 6.92 Å². The zero-order chi connectivity index (χ0) is 13.8. The maximum atomic E-state index is 13.5. The van der Waals surface area contributed by atoms with Crippen LogP contribution >= 0.6 is 0 Å². The van der Waals surface area contributed by atoms with Crippen molar-refractivity contribution in [3.05, 3.63) is 29.6 Å². The van der Waals surface area contributed by atoms with Crippen LogP contribution in [0.2, 0.25) is 0 Å². The molecule has 100 valence electrons. The number of aliphatic carboxylic acids is 1. The van der Waals surface area contributed by atoms with E-state index in [0.717, 1.165) is 0 Å². The number of aryl methyl sites for hydroxylation is 1. The number of benzene rings is 1. The summed E-state index contributed by atoms with van der Waals surface area (Å²) in [4.78, 5) is 10.8. The molecule has 1 unspecified atom stereocenters. The lowest BCUT2D eigenvalue weighted by molar-refractivity contribution is -0.143. The van der Waals surface area contributed by atoms with Crippen molar-refractivity contribution in [2.75, 3.05) is 6.61 Å². The number of halogens is 1. The van der Waals surface area contributed by atoms with Crippen molar-refractivity contribution in [2.45, 2.75) is 32.2 Å². The van der Waals surface area contributed by atoms with Crippen molar-refractivity contribution < 1.29 is 19.0 Å². The molecule has 1 atom stereocenters. The van der Waals surface area contributed by atoms with E-state index in [2.05, 4.69) is 0 Å². The van der Waals surface area contributed by atoms with Crippen molar-refractivity contribution in [3.63, 3.8) is 0 Å². The average molecular weight is 255 g/mol. The summed E-state index contributed by atoms with van der Waals surface area (Å²) in [6.07, 6.45) is 0.725. The Balaban J connectivity index is 2.43. The molecule has 3 N–H and O–H groups in total. The molecule has 0 radical (unpaired) electrons. The van der Waals surface area contributed by atoms with E-state index in [9.17, 15) is 9.18 Å². The number of carbonyl (C=O) groups is 1. The Kier molecular flexibility index (Phi) is 4.67. The third kappa shape index (κ3) is 3.70. The van der Waals surface area contributed by atoms with Gasteiger partial charge in [0.1, 0.15) is 5.54 Å². The first kappa shape index (κ1) is 14.4. The third-order valence-corrected chi connectivity index (χ3v) is 2.74. The van der Waals surface area contributed by atoms with Crippen LogP contribution in [-0.2, 0) is 4.79 Å². The van der Waals surface area contributed by atoms with Crippen LogP contribution in [0, 0.1) is 12.7 Å². The van der Waals surface area contributed by atoms with E-state index >= 15 is 0 Å². The van der Waals surface area contributed by atoms with Gasteiger partial charge in [-0.05, 0) is 38.3 Å². The Hall–Kier alpha value is -1.62. The van der Waals surface area contributed by atoms with Crippen LogP contribution in [0.1, 0.15) is 25.3 Å². The first-order chi connectivity index (χ1) is 8.34. The monoisotopic (exact) mass is 255 g/mol. The number of nitrogens with two attached hydrogens (primary N) is 1. The van der Waals surface area contributed by atoms with Gasteiger partial charge in [-0.1, -0.05) is 12.1 Å². The Bertz CT molecular complexity index is 432. The quantitative estimate of drug-likeness (QED) is 0.763. The van der Waals surface area contributed by atoms with E-state index in [1.807, 2.05) is 0 Å². The third-order valence-electron chi connectivity index (χ3n) is 2.74. The molecule has 0 fully saturated rings. The fraction of sp³-hybridized carbons (Fsp3) is 0.462. The lowest BCUT2D eigenvalue weighted by Gasteiger charge is -2.18. The maximum Gasteiger partial charge on any atom is 0.323 e. The van der Waals surface area contributed by atoms with Gasteiger partial charge in [0, 0.05) is 0 Å². The van der Waals surface area contributed by atoms with Gasteiger partial charge in [-0.3, -0.25) is 4.79 Å². The molecule has 1 aromatic carbocycles. The van der Waals surface area contributed by atoms with Gasteiger partial charge in [-0.2, -0.15) is 0 Å². The molecule has 0 saturated heterocycles. The number of carboxylic acids is 1. The van der Waals surface area contributed by atoms with E-state index in [-0.39, 0.29) is 24.6 Å². The fourth-order valence-corrected chi connectivity index (χ4v) is 1.46. The molecule has 0 saturated carbocycles. The number of hydrogen-bond donors (Lipinski definition) is 2. The summed E-state index contributed by atoms with van der Waals surface area (Å²) in [5.74, 6) is -1.25. The van der Waals surface area contributed by atoms with Crippen molar-refractivity contribution in [3.8, 4) is 5.75 Å². The molecule has 0 aliphatic rings. The molecular weight excluding hydrogens is 237 g/mol. The molecule has 0 bridgehead atoms. The summed E-state index contributed by atoms with van der Waals surface area (Å²) < 4.78 is 18.8. The summed E-state index contributed by atoms with van der Waals surface area (Å²) in [7, 11) is 0. The molecule has 18 heavy (non-hydrogen) atoms. The van der Waals surface area contributed by atoms with Gasteiger partial charge in [0.2, 0.25) is 0 Å². The summed E-state index contributed by atoms with van der Waals surface area (Å²) in [6.45, 7) is 3.34. The van der Waals surface area contributed by atoms with Gasteiger partial charge in [0.05, 0.1) is 6.61 Å². The van der Waals surface area contributed by atoms with Crippen molar-refractivity contribution in [1.29, 1.82) is 0 Å². The van der Waals surface area contributed by atoms with Gasteiger partial charge in [0.15, 0.2) is 11.6 Å². The lowest BCUT2D eigenvalue weighted by Crippen LogP contribution is -2.44. The van der Waals surface area contributed by atoms with Crippen LogP contribution in [-0.4, -0.2) is 23.2 Å². The van der Waals surface area contributed by atoms with Crippen LogP contribution in [0.3, 0.4) is 0 Å². The number of rotatable bonds is 6. The minimum atomic E-state index is -1.27. The first-order valence-electron chi connectivity index (χ1n) is 5.75. The predicted molar refractivity (Wildman–Crippen MR) is 66.1 cm³/mol. The highest BCUT2D eigenvalue weighted by molar-refractivity contribution is 5.77. The largest absolute Gasteiger partial charge is 0.491 e. The normalized spacial score (nSPS) is 14.0. The highest BCUT2D eigenvalue weighted by atomic mass is 19.1. The van der Waals surface area contributed by atoms with E-state index in [1.54, 1.807) is 25.1 Å². The van der Waals surface area contributed by atoms with Crippen LogP contribution in [0.25, 0.3) is 0 Å². The zero-order valence-electron chi connectivity index (χ0n) is 10.6. The molecule has 1 aromatic rings. The molecule has 1 rings (SSSR count). The number of carboxylic acid groups (broad SMARTS) is 1. The smallest absolute Gasteiger partial charge is 0.323 e. The van der Waals surface area contributed by atoms with Crippen LogP contribution in [0.4, 0.5) is 4.39 Å². The average Bonchev–Trinajstić information content (AvgIpc) is 2.29. The van der Waals surface area contributed by atoms with Gasteiger partial charge < -0.3 is 15.6 Å². The zero-order valence-corrected chi connectivity index (χ0v) is 10.6. The van der Waals surface area contributed by atoms with Gasteiger partial charge in [0.25, 0.3) is 0 Å². The highest BCUT2D eigenvalue weighted by Crippen LogP contribution is 2.20. The summed E-state index contributed by atoms with van der Waals surface area (Å²) in [5, 5.41) is 8.81.